The lowest BCUT2D eigenvalue weighted by atomic mass is 10.1. The number of nitrogens with one attached hydrogen (secondary N) is 2. The summed E-state index contributed by atoms with van der Waals surface area (Å²) in [6, 6.07) is 21.6. The molecule has 2 aromatic heterocycles. The van der Waals surface area contributed by atoms with Crippen LogP contribution in [0.5, 0.6) is 17.4 Å². The van der Waals surface area contributed by atoms with Crippen molar-refractivity contribution in [1.29, 1.82) is 0 Å². The van der Waals surface area contributed by atoms with Crippen molar-refractivity contribution in [3.63, 3.8) is 0 Å². The largest absolute Gasteiger partial charge is 0.494 e. The number of carbonyl (C=O) groups is 2. The summed E-state index contributed by atoms with van der Waals surface area (Å²) in [4.78, 5) is 28.7. The molecule has 0 spiro atoms. The molecule has 35 heavy (non-hydrogen) atoms. The van der Waals surface area contributed by atoms with E-state index in [1.165, 1.54) is 6.07 Å². The minimum Gasteiger partial charge on any atom is -0.494 e. The molecular formula is C26H24N4O5. The van der Waals surface area contributed by atoms with E-state index in [-0.39, 0.29) is 24.7 Å². The molecule has 0 radical (unpaired) electrons. The van der Waals surface area contributed by atoms with Crippen molar-refractivity contribution < 1.29 is 23.6 Å². The van der Waals surface area contributed by atoms with E-state index in [0.29, 0.717) is 24.0 Å². The van der Waals surface area contributed by atoms with Crippen molar-refractivity contribution in [3.8, 4) is 28.7 Å². The molecule has 9 nitrogen and oxygen atoms in total. The summed E-state index contributed by atoms with van der Waals surface area (Å²) < 4.78 is 16.4. The maximum atomic E-state index is 12.3. The van der Waals surface area contributed by atoms with Crippen LogP contribution in [-0.4, -0.2) is 35.1 Å². The fraction of sp³-hybridized carbons (Fsp3) is 0.154. The van der Waals surface area contributed by atoms with Crippen LogP contribution in [0, 0.1) is 0 Å². The van der Waals surface area contributed by atoms with E-state index in [0.717, 1.165) is 16.9 Å². The van der Waals surface area contributed by atoms with E-state index < -0.39 is 5.91 Å². The first-order chi connectivity index (χ1) is 17.1. The average Bonchev–Trinajstić information content (AvgIpc) is 3.39. The molecule has 0 saturated heterocycles. The second-order valence-electron chi connectivity index (χ2n) is 7.41. The summed E-state index contributed by atoms with van der Waals surface area (Å²) in [6.45, 7) is 2.56. The van der Waals surface area contributed by atoms with Crippen molar-refractivity contribution in [2.75, 3.05) is 13.2 Å². The Labute approximate surface area is 202 Å². The normalized spacial score (nSPS) is 10.4. The van der Waals surface area contributed by atoms with Crippen LogP contribution >= 0.6 is 0 Å². The second-order valence-corrected chi connectivity index (χ2v) is 7.41. The molecule has 2 amide bonds. The number of amides is 2. The molecule has 0 saturated carbocycles. The number of nitrogens with zero attached hydrogens (tertiary/aromatic N) is 2. The van der Waals surface area contributed by atoms with Gasteiger partial charge in [0.05, 0.1) is 13.2 Å². The summed E-state index contributed by atoms with van der Waals surface area (Å²) in [5.41, 5.74) is 1.70. The highest BCUT2D eigenvalue weighted by Gasteiger charge is 2.14. The van der Waals surface area contributed by atoms with Crippen LogP contribution in [0.1, 0.15) is 23.0 Å². The summed E-state index contributed by atoms with van der Waals surface area (Å²) in [6.07, 6.45) is 1.60. The first-order valence-electron chi connectivity index (χ1n) is 11.0. The molecule has 0 aliphatic carbocycles. The topological polar surface area (TPSA) is 116 Å². The fourth-order valence-electron chi connectivity index (χ4n) is 3.14. The van der Waals surface area contributed by atoms with Gasteiger partial charge in [-0.05, 0) is 42.8 Å². The third-order valence-electron chi connectivity index (χ3n) is 4.86. The van der Waals surface area contributed by atoms with Crippen molar-refractivity contribution in [1.82, 2.24) is 20.8 Å². The third-order valence-corrected chi connectivity index (χ3v) is 4.86. The molecule has 0 bridgehead atoms. The van der Waals surface area contributed by atoms with Gasteiger partial charge in [-0.15, -0.1) is 0 Å². The SMILES string of the molecule is CCOc1ccc(Oc2cc(CNC(=O)CNC(=O)c3cc(-c4ccccc4)on3)ccn2)cc1. The molecule has 178 valence electrons. The standard InChI is InChI=1S/C26H24N4O5/c1-2-33-20-8-10-21(11-9-20)34-25-14-18(12-13-27-25)16-28-24(31)17-29-26(32)22-15-23(35-30-22)19-6-4-3-5-7-19/h3-15H,2,16-17H2,1H3,(H,28,31)(H,29,32). The molecule has 0 aliphatic heterocycles. The first kappa shape index (κ1) is 23.5. The van der Waals surface area contributed by atoms with Gasteiger partial charge < -0.3 is 24.6 Å². The van der Waals surface area contributed by atoms with Crippen LogP contribution in [0.15, 0.2) is 83.5 Å². The Hall–Kier alpha value is -4.66. The Morgan fingerprint density at radius 3 is 2.49 bits per heavy atom. The molecule has 0 atom stereocenters. The Morgan fingerprint density at radius 1 is 0.943 bits per heavy atom. The van der Waals surface area contributed by atoms with Crippen molar-refractivity contribution in [3.05, 3.63) is 90.3 Å². The Morgan fingerprint density at radius 2 is 1.71 bits per heavy atom. The highest BCUT2D eigenvalue weighted by atomic mass is 16.5. The maximum absolute atomic E-state index is 12.3. The van der Waals surface area contributed by atoms with Gasteiger partial charge in [-0.1, -0.05) is 35.5 Å². The minimum absolute atomic E-state index is 0.0990. The monoisotopic (exact) mass is 472 g/mol. The summed E-state index contributed by atoms with van der Waals surface area (Å²) in [5.74, 6) is 1.40. The highest BCUT2D eigenvalue weighted by molar-refractivity contribution is 5.95. The lowest BCUT2D eigenvalue weighted by Crippen LogP contribution is -2.36. The summed E-state index contributed by atoms with van der Waals surface area (Å²) in [7, 11) is 0. The summed E-state index contributed by atoms with van der Waals surface area (Å²) >= 11 is 0. The minimum atomic E-state index is -0.499. The zero-order chi connectivity index (χ0) is 24.5. The predicted molar refractivity (Wildman–Crippen MR) is 128 cm³/mol. The lowest BCUT2D eigenvalue weighted by Gasteiger charge is -2.09. The van der Waals surface area contributed by atoms with Gasteiger partial charge in [0, 0.05) is 30.4 Å². The van der Waals surface area contributed by atoms with Crippen LogP contribution in [0.25, 0.3) is 11.3 Å². The van der Waals surface area contributed by atoms with Gasteiger partial charge in [0.2, 0.25) is 11.8 Å². The third kappa shape index (κ3) is 6.67. The number of ether oxygens (including phenoxy) is 2. The van der Waals surface area contributed by atoms with Gasteiger partial charge in [0.15, 0.2) is 11.5 Å². The van der Waals surface area contributed by atoms with Gasteiger partial charge in [0.25, 0.3) is 5.91 Å². The average molecular weight is 473 g/mol. The van der Waals surface area contributed by atoms with Gasteiger partial charge in [-0.25, -0.2) is 4.98 Å². The van der Waals surface area contributed by atoms with E-state index in [1.807, 2.05) is 49.4 Å². The second kappa shape index (κ2) is 11.5. The van der Waals surface area contributed by atoms with Crippen LogP contribution in [-0.2, 0) is 11.3 Å². The molecule has 0 unspecified atom stereocenters. The quantitative estimate of drug-likeness (QED) is 0.359. The zero-order valence-corrected chi connectivity index (χ0v) is 19.1. The molecule has 2 N–H and O–H groups in total. The predicted octanol–water partition coefficient (Wildman–Crippen LogP) is 3.97. The van der Waals surface area contributed by atoms with Gasteiger partial charge >= 0.3 is 0 Å². The number of carbonyl (C=O) groups excluding carboxylic acids is 2. The Balaban J connectivity index is 1.24. The molecule has 0 aliphatic rings. The Kier molecular flexibility index (Phi) is 7.70. The molecular weight excluding hydrogens is 448 g/mol. The number of aromatic nitrogens is 2. The van der Waals surface area contributed by atoms with Crippen LogP contribution in [0.4, 0.5) is 0 Å². The highest BCUT2D eigenvalue weighted by Crippen LogP contribution is 2.23. The number of pyridine rings is 1. The number of hydrogen-bond donors (Lipinski definition) is 2. The molecule has 0 fully saturated rings. The first-order valence-corrected chi connectivity index (χ1v) is 11.0. The van der Waals surface area contributed by atoms with E-state index in [1.54, 1.807) is 30.5 Å². The molecule has 4 aromatic rings. The van der Waals surface area contributed by atoms with E-state index in [9.17, 15) is 9.59 Å². The van der Waals surface area contributed by atoms with Gasteiger partial charge in [0.1, 0.15) is 11.5 Å². The number of hydrogen-bond acceptors (Lipinski definition) is 7. The van der Waals surface area contributed by atoms with Crippen LogP contribution < -0.4 is 20.1 Å². The zero-order valence-electron chi connectivity index (χ0n) is 19.1. The molecule has 4 rings (SSSR count). The van der Waals surface area contributed by atoms with Crippen LogP contribution in [0.2, 0.25) is 0 Å². The van der Waals surface area contributed by atoms with Crippen molar-refractivity contribution in [2.24, 2.45) is 0 Å². The Bertz CT molecular complexity index is 1270. The fourth-order valence-corrected chi connectivity index (χ4v) is 3.14. The van der Waals surface area contributed by atoms with Gasteiger partial charge in [-0.3, -0.25) is 9.59 Å². The van der Waals surface area contributed by atoms with Crippen molar-refractivity contribution in [2.45, 2.75) is 13.5 Å². The summed E-state index contributed by atoms with van der Waals surface area (Å²) in [5, 5.41) is 9.06. The van der Waals surface area contributed by atoms with E-state index in [2.05, 4.69) is 20.8 Å². The number of benzene rings is 2. The smallest absolute Gasteiger partial charge is 0.273 e. The van der Waals surface area contributed by atoms with E-state index in [4.69, 9.17) is 14.0 Å². The molecule has 2 heterocycles. The van der Waals surface area contributed by atoms with E-state index >= 15 is 0 Å². The maximum Gasteiger partial charge on any atom is 0.273 e. The number of rotatable bonds is 10. The van der Waals surface area contributed by atoms with Gasteiger partial charge in [-0.2, -0.15) is 0 Å². The van der Waals surface area contributed by atoms with Crippen molar-refractivity contribution >= 4 is 11.8 Å². The molecule has 2 aromatic carbocycles. The lowest BCUT2D eigenvalue weighted by molar-refractivity contribution is -0.120. The van der Waals surface area contributed by atoms with Crippen LogP contribution in [0.3, 0.4) is 0 Å². The molecule has 9 heteroatoms.